The Balaban J connectivity index is 1.78. The van der Waals surface area contributed by atoms with Gasteiger partial charge in [0, 0.05) is 11.1 Å². The Bertz CT molecular complexity index is 1610. The van der Waals surface area contributed by atoms with Gasteiger partial charge in [-0.25, -0.2) is 0 Å². The number of ether oxygens (including phenoxy) is 4. The zero-order chi connectivity index (χ0) is 30.9. The van der Waals surface area contributed by atoms with Gasteiger partial charge in [0.05, 0.1) is 38.2 Å². The van der Waals surface area contributed by atoms with Crippen molar-refractivity contribution in [2.75, 3.05) is 25.7 Å². The first-order chi connectivity index (χ1) is 20.6. The fraction of sp³-hybridized carbons (Fsp3) is 0.281. The van der Waals surface area contributed by atoms with Gasteiger partial charge in [-0.05, 0) is 167 Å². The number of methoxy groups -OCH3 is 2. The molecule has 0 aliphatic carbocycles. The first-order valence-corrected chi connectivity index (χ1v) is 18.9. The normalized spacial score (nSPS) is 17.4. The molecule has 0 radical (unpaired) electrons. The van der Waals surface area contributed by atoms with Crippen LogP contribution in [0.1, 0.15) is 37.0 Å². The molecule has 0 aromatic heterocycles. The summed E-state index contributed by atoms with van der Waals surface area (Å²) < 4.78 is 26.6. The van der Waals surface area contributed by atoms with Crippen molar-refractivity contribution in [3.8, 4) is 17.2 Å². The zero-order valence-electron chi connectivity index (χ0n) is 23.8. The molecule has 0 unspecified atom stereocenters. The maximum atomic E-state index is 6.53. The van der Waals surface area contributed by atoms with E-state index in [-0.39, 0.29) is 6.10 Å². The van der Waals surface area contributed by atoms with E-state index in [1.807, 2.05) is 67.7 Å². The van der Waals surface area contributed by atoms with Crippen molar-refractivity contribution >= 4 is 116 Å². The van der Waals surface area contributed by atoms with Crippen LogP contribution in [0.4, 0.5) is 0 Å². The number of benzene rings is 3. The molecule has 0 spiro atoms. The van der Waals surface area contributed by atoms with Crippen LogP contribution < -0.4 is 14.2 Å². The molecule has 1 fully saturated rings. The highest BCUT2D eigenvalue weighted by molar-refractivity contribution is 9.11. The van der Waals surface area contributed by atoms with Crippen molar-refractivity contribution < 1.29 is 18.9 Å². The quantitative estimate of drug-likeness (QED) is 0.209. The summed E-state index contributed by atoms with van der Waals surface area (Å²) >= 11 is 24.8. The summed E-state index contributed by atoms with van der Waals surface area (Å²) in [6, 6.07) is 16.4. The summed E-state index contributed by atoms with van der Waals surface area (Å²) in [6.07, 6.45) is 3.20. The molecule has 0 amide bonds. The molecule has 0 saturated carbocycles. The minimum atomic E-state index is -0.516. The van der Waals surface area contributed by atoms with Gasteiger partial charge in [-0.15, -0.1) is 23.5 Å². The fourth-order valence-corrected chi connectivity index (χ4v) is 11.4. The lowest BCUT2D eigenvalue weighted by molar-refractivity contribution is 0.241. The Morgan fingerprint density at radius 3 is 2.09 bits per heavy atom. The SMILES string of the molecule is COc1ccc(/C=C2\OC(=S)C(C3(c4cc(Br)c(OC)c(Br)c4)SCCCS3)=C2c2ccc(OC(C)C)c(Br)c2)cc1Br. The van der Waals surface area contributed by atoms with Crippen molar-refractivity contribution in [2.45, 2.75) is 30.5 Å². The van der Waals surface area contributed by atoms with Crippen LogP contribution >= 0.6 is 99.5 Å². The van der Waals surface area contributed by atoms with E-state index < -0.39 is 4.08 Å². The molecule has 43 heavy (non-hydrogen) atoms. The molecule has 2 aliphatic heterocycles. The van der Waals surface area contributed by atoms with E-state index in [1.165, 1.54) is 0 Å². The predicted molar refractivity (Wildman–Crippen MR) is 199 cm³/mol. The monoisotopic (exact) mass is 888 g/mol. The van der Waals surface area contributed by atoms with Gasteiger partial charge in [0.25, 0.3) is 0 Å². The Morgan fingerprint density at radius 2 is 1.51 bits per heavy atom. The molecule has 4 nitrogen and oxygen atoms in total. The van der Waals surface area contributed by atoms with Gasteiger partial charge < -0.3 is 18.9 Å². The van der Waals surface area contributed by atoms with E-state index in [0.29, 0.717) is 10.8 Å². The molecule has 2 heterocycles. The average Bonchev–Trinajstić information content (AvgIpc) is 3.29. The highest BCUT2D eigenvalue weighted by Gasteiger charge is 2.48. The fourth-order valence-electron chi connectivity index (χ4n) is 4.98. The summed E-state index contributed by atoms with van der Waals surface area (Å²) in [6.45, 7) is 4.04. The van der Waals surface area contributed by atoms with Gasteiger partial charge in [-0.3, -0.25) is 0 Å². The van der Waals surface area contributed by atoms with Gasteiger partial charge in [-0.2, -0.15) is 0 Å². The van der Waals surface area contributed by atoms with Crippen LogP contribution in [0.2, 0.25) is 0 Å². The lowest BCUT2D eigenvalue weighted by Gasteiger charge is -2.38. The van der Waals surface area contributed by atoms with Gasteiger partial charge in [-0.1, -0.05) is 12.1 Å². The molecule has 0 N–H and O–H groups in total. The van der Waals surface area contributed by atoms with Crippen molar-refractivity contribution in [2.24, 2.45) is 0 Å². The van der Waals surface area contributed by atoms with E-state index in [4.69, 9.17) is 31.2 Å². The summed E-state index contributed by atoms with van der Waals surface area (Å²) in [4.78, 5) is 0. The molecule has 2 aliphatic rings. The maximum Gasteiger partial charge on any atom is 0.197 e. The van der Waals surface area contributed by atoms with Gasteiger partial charge in [0.15, 0.2) is 5.05 Å². The zero-order valence-corrected chi connectivity index (χ0v) is 32.6. The Kier molecular flexibility index (Phi) is 11.0. The average molecular weight is 892 g/mol. The third-order valence-electron chi connectivity index (χ3n) is 6.77. The second kappa shape index (κ2) is 14.2. The standard InChI is InChI=1S/C32H28Br4O4S3/c1-17(2)39-26-9-7-19(14-22(26)34)28-27(13-18-6-8-25(37-3)21(33)12-18)40-31(41)29(28)32(42-10-5-11-43-32)20-15-23(35)30(38-4)24(36)16-20/h6-9,12-17H,5,10-11H2,1-4H3/b27-13-. The molecule has 3 aromatic carbocycles. The largest absolute Gasteiger partial charge is 0.496 e. The summed E-state index contributed by atoms with van der Waals surface area (Å²) in [7, 11) is 3.33. The van der Waals surface area contributed by atoms with Crippen LogP contribution in [0.5, 0.6) is 17.2 Å². The number of rotatable bonds is 8. The first kappa shape index (κ1) is 33.4. The van der Waals surface area contributed by atoms with Crippen molar-refractivity contribution in [3.05, 3.63) is 94.4 Å². The third-order valence-corrected chi connectivity index (χ3v) is 12.9. The lowest BCUT2D eigenvalue weighted by Crippen LogP contribution is -2.28. The second-order valence-electron chi connectivity index (χ2n) is 9.99. The molecular formula is C32H28Br4O4S3. The summed E-state index contributed by atoms with van der Waals surface area (Å²) in [5.41, 5.74) is 4.97. The number of halogens is 4. The number of thioether (sulfide) groups is 2. The van der Waals surface area contributed by atoms with Gasteiger partial charge in [0.1, 0.15) is 27.1 Å². The molecule has 226 valence electrons. The number of hydrogen-bond acceptors (Lipinski definition) is 7. The molecular weight excluding hydrogens is 864 g/mol. The van der Waals surface area contributed by atoms with Crippen LogP contribution in [-0.4, -0.2) is 36.9 Å². The van der Waals surface area contributed by atoms with E-state index in [2.05, 4.69) is 88.0 Å². The van der Waals surface area contributed by atoms with Crippen LogP contribution in [0, 0.1) is 0 Å². The Labute approximate surface area is 300 Å². The van der Waals surface area contributed by atoms with Crippen molar-refractivity contribution in [3.63, 3.8) is 0 Å². The van der Waals surface area contributed by atoms with Crippen molar-refractivity contribution in [1.82, 2.24) is 0 Å². The Morgan fingerprint density at radius 1 is 0.860 bits per heavy atom. The number of hydrogen-bond donors (Lipinski definition) is 0. The molecule has 0 bridgehead atoms. The van der Waals surface area contributed by atoms with Crippen LogP contribution in [0.25, 0.3) is 11.6 Å². The van der Waals surface area contributed by atoms with E-state index in [1.54, 1.807) is 14.2 Å². The minimum absolute atomic E-state index is 0.0496. The molecule has 3 aromatic rings. The van der Waals surface area contributed by atoms with Crippen molar-refractivity contribution in [1.29, 1.82) is 0 Å². The lowest BCUT2D eigenvalue weighted by atomic mass is 9.93. The first-order valence-electron chi connectivity index (χ1n) is 13.4. The smallest absolute Gasteiger partial charge is 0.197 e. The second-order valence-corrected chi connectivity index (χ2v) is 16.7. The topological polar surface area (TPSA) is 36.9 Å². The summed E-state index contributed by atoms with van der Waals surface area (Å²) in [5, 5.41) is 0.470. The Hall–Kier alpha value is -0.950. The van der Waals surface area contributed by atoms with Crippen LogP contribution in [-0.2, 0) is 8.82 Å². The predicted octanol–water partition coefficient (Wildman–Crippen LogP) is 11.4. The highest BCUT2D eigenvalue weighted by atomic mass is 79.9. The van der Waals surface area contributed by atoms with Crippen LogP contribution in [0.15, 0.2) is 77.8 Å². The third kappa shape index (κ3) is 6.93. The molecule has 5 rings (SSSR count). The molecule has 11 heteroatoms. The summed E-state index contributed by atoms with van der Waals surface area (Å²) in [5.74, 6) is 4.96. The maximum absolute atomic E-state index is 6.53. The highest BCUT2D eigenvalue weighted by Crippen LogP contribution is 2.61. The molecule has 0 atom stereocenters. The number of allylic oxidation sites excluding steroid dienone is 1. The van der Waals surface area contributed by atoms with Crippen LogP contribution in [0.3, 0.4) is 0 Å². The molecule has 1 saturated heterocycles. The van der Waals surface area contributed by atoms with E-state index >= 15 is 0 Å². The number of thiocarbonyl (C=S) groups is 1. The van der Waals surface area contributed by atoms with E-state index in [0.717, 1.165) is 80.9 Å². The van der Waals surface area contributed by atoms with Gasteiger partial charge >= 0.3 is 0 Å². The van der Waals surface area contributed by atoms with Gasteiger partial charge in [0.2, 0.25) is 0 Å². The minimum Gasteiger partial charge on any atom is -0.496 e. The van der Waals surface area contributed by atoms with E-state index in [9.17, 15) is 0 Å².